The molecule has 0 spiro atoms. The Hall–Kier alpha value is -0.960. The van der Waals surface area contributed by atoms with E-state index in [1.807, 2.05) is 36.1 Å². The number of alkyl halides is 2. The lowest BCUT2D eigenvalue weighted by Crippen LogP contribution is -2.24. The predicted molar refractivity (Wildman–Crippen MR) is 56.0 cm³/mol. The summed E-state index contributed by atoms with van der Waals surface area (Å²) in [6.45, 7) is 3.06. The average Bonchev–Trinajstić information content (AvgIpc) is 2.50. The van der Waals surface area contributed by atoms with Crippen LogP contribution in [0.2, 0.25) is 0 Å². The van der Waals surface area contributed by atoms with Gasteiger partial charge in [0.1, 0.15) is 0 Å². The Morgan fingerprint density at radius 1 is 1.27 bits per heavy atom. The number of benzene rings is 1. The van der Waals surface area contributed by atoms with Crippen LogP contribution < -0.4 is 0 Å². The van der Waals surface area contributed by atoms with Crippen LogP contribution in [0, 0.1) is 6.92 Å². The van der Waals surface area contributed by atoms with Gasteiger partial charge < -0.3 is 0 Å². The third-order valence-corrected chi connectivity index (χ3v) is 2.78. The van der Waals surface area contributed by atoms with Gasteiger partial charge in [0.2, 0.25) is 0 Å². The Labute approximate surface area is 88.7 Å². The van der Waals surface area contributed by atoms with Crippen LogP contribution in [0.5, 0.6) is 0 Å². The number of nitrogens with zero attached hydrogens (tertiary/aromatic N) is 1. The molecular formula is C12H15F2N. The van der Waals surface area contributed by atoms with Gasteiger partial charge in [0, 0.05) is 19.5 Å². The summed E-state index contributed by atoms with van der Waals surface area (Å²) in [6.07, 6.45) is -0.00113. The first-order valence-electron chi connectivity index (χ1n) is 5.21. The molecule has 1 fully saturated rings. The first-order chi connectivity index (χ1) is 7.05. The van der Waals surface area contributed by atoms with Gasteiger partial charge in [-0.1, -0.05) is 29.8 Å². The van der Waals surface area contributed by atoms with Crippen LogP contribution >= 0.6 is 0 Å². The standard InChI is InChI=1S/C12H15F2N/c1-10-2-4-11(5-3-10)8-15-7-6-12(13,14)9-15/h2-5H,6-9H2,1H3. The van der Waals surface area contributed by atoms with E-state index in [0.717, 1.165) is 5.56 Å². The van der Waals surface area contributed by atoms with Crippen molar-refractivity contribution < 1.29 is 8.78 Å². The molecule has 0 unspecified atom stereocenters. The fraction of sp³-hybridized carbons (Fsp3) is 0.500. The summed E-state index contributed by atoms with van der Waals surface area (Å²) in [5.41, 5.74) is 2.31. The smallest absolute Gasteiger partial charge is 0.261 e. The van der Waals surface area contributed by atoms with Gasteiger partial charge in [-0.3, -0.25) is 4.90 Å². The maximum atomic E-state index is 12.9. The van der Waals surface area contributed by atoms with Gasteiger partial charge >= 0.3 is 0 Å². The highest BCUT2D eigenvalue weighted by atomic mass is 19.3. The van der Waals surface area contributed by atoms with Crippen molar-refractivity contribution in [3.8, 4) is 0 Å². The minimum atomic E-state index is -2.48. The van der Waals surface area contributed by atoms with E-state index < -0.39 is 5.92 Å². The van der Waals surface area contributed by atoms with Crippen molar-refractivity contribution in [3.05, 3.63) is 35.4 Å². The highest BCUT2D eigenvalue weighted by Crippen LogP contribution is 2.27. The van der Waals surface area contributed by atoms with E-state index in [1.165, 1.54) is 5.56 Å². The van der Waals surface area contributed by atoms with Crippen molar-refractivity contribution in [1.29, 1.82) is 0 Å². The van der Waals surface area contributed by atoms with E-state index >= 15 is 0 Å². The highest BCUT2D eigenvalue weighted by Gasteiger charge is 2.37. The SMILES string of the molecule is Cc1ccc(CN2CCC(F)(F)C2)cc1. The van der Waals surface area contributed by atoms with Crippen LogP contribution in [0.4, 0.5) is 8.78 Å². The van der Waals surface area contributed by atoms with E-state index in [-0.39, 0.29) is 13.0 Å². The number of hydrogen-bond donors (Lipinski definition) is 0. The molecule has 1 heterocycles. The van der Waals surface area contributed by atoms with Crippen molar-refractivity contribution in [3.63, 3.8) is 0 Å². The van der Waals surface area contributed by atoms with Gasteiger partial charge in [-0.05, 0) is 12.5 Å². The van der Waals surface area contributed by atoms with Crippen LogP contribution in [0.25, 0.3) is 0 Å². The lowest BCUT2D eigenvalue weighted by Gasteiger charge is -2.15. The third kappa shape index (κ3) is 2.75. The quantitative estimate of drug-likeness (QED) is 0.727. The van der Waals surface area contributed by atoms with Gasteiger partial charge in [-0.2, -0.15) is 0 Å². The molecule has 3 heteroatoms. The lowest BCUT2D eigenvalue weighted by molar-refractivity contribution is 0.0115. The Morgan fingerprint density at radius 2 is 1.93 bits per heavy atom. The molecule has 0 amide bonds. The largest absolute Gasteiger partial charge is 0.293 e. The Balaban J connectivity index is 1.96. The third-order valence-electron chi connectivity index (χ3n) is 2.78. The second-order valence-electron chi connectivity index (χ2n) is 4.30. The van der Waals surface area contributed by atoms with Crippen LogP contribution in [0.3, 0.4) is 0 Å². The minimum Gasteiger partial charge on any atom is -0.293 e. The van der Waals surface area contributed by atoms with E-state index in [1.54, 1.807) is 0 Å². The van der Waals surface area contributed by atoms with Crippen LogP contribution in [0.15, 0.2) is 24.3 Å². The molecule has 1 aromatic rings. The van der Waals surface area contributed by atoms with Gasteiger partial charge in [0.05, 0.1) is 6.54 Å². The van der Waals surface area contributed by atoms with Crippen molar-refractivity contribution in [2.75, 3.05) is 13.1 Å². The lowest BCUT2D eigenvalue weighted by atomic mass is 10.1. The molecule has 0 aromatic heterocycles. The van der Waals surface area contributed by atoms with Crippen molar-refractivity contribution in [2.24, 2.45) is 0 Å². The van der Waals surface area contributed by atoms with E-state index in [0.29, 0.717) is 13.1 Å². The summed E-state index contributed by atoms with van der Waals surface area (Å²) >= 11 is 0. The molecule has 1 nitrogen and oxygen atoms in total. The number of rotatable bonds is 2. The maximum Gasteiger partial charge on any atom is 0.261 e. The summed E-state index contributed by atoms with van der Waals surface area (Å²) in [7, 11) is 0. The van der Waals surface area contributed by atoms with Crippen molar-refractivity contribution >= 4 is 0 Å². The summed E-state index contributed by atoms with van der Waals surface area (Å²) in [5, 5.41) is 0. The molecule has 0 radical (unpaired) electrons. The van der Waals surface area contributed by atoms with E-state index in [9.17, 15) is 8.78 Å². The predicted octanol–water partition coefficient (Wildman–Crippen LogP) is 2.84. The summed E-state index contributed by atoms with van der Waals surface area (Å²) in [5.74, 6) is -2.48. The van der Waals surface area contributed by atoms with Crippen LogP contribution in [-0.2, 0) is 6.54 Å². The second kappa shape index (κ2) is 3.89. The van der Waals surface area contributed by atoms with Gasteiger partial charge in [0.25, 0.3) is 5.92 Å². The maximum absolute atomic E-state index is 12.9. The fourth-order valence-corrected chi connectivity index (χ4v) is 1.89. The first kappa shape index (κ1) is 10.6. The normalized spacial score (nSPS) is 20.7. The molecule has 1 aliphatic heterocycles. The van der Waals surface area contributed by atoms with Crippen LogP contribution in [-0.4, -0.2) is 23.9 Å². The minimum absolute atomic E-state index is 0.00113. The molecule has 0 bridgehead atoms. The van der Waals surface area contributed by atoms with Gasteiger partial charge in [0.15, 0.2) is 0 Å². The molecule has 15 heavy (non-hydrogen) atoms. The van der Waals surface area contributed by atoms with Crippen molar-refractivity contribution in [2.45, 2.75) is 25.8 Å². The fourth-order valence-electron chi connectivity index (χ4n) is 1.89. The summed E-state index contributed by atoms with van der Waals surface area (Å²) in [6, 6.07) is 8.05. The molecular weight excluding hydrogens is 196 g/mol. The topological polar surface area (TPSA) is 3.24 Å². The van der Waals surface area contributed by atoms with Gasteiger partial charge in [-0.15, -0.1) is 0 Å². The van der Waals surface area contributed by atoms with E-state index in [4.69, 9.17) is 0 Å². The zero-order valence-electron chi connectivity index (χ0n) is 8.84. The Morgan fingerprint density at radius 3 is 2.47 bits per heavy atom. The molecule has 0 atom stereocenters. The van der Waals surface area contributed by atoms with Crippen molar-refractivity contribution in [1.82, 2.24) is 4.90 Å². The number of likely N-dealkylation sites (tertiary alicyclic amines) is 1. The molecule has 1 saturated heterocycles. The molecule has 1 aliphatic rings. The highest BCUT2D eigenvalue weighted by molar-refractivity contribution is 5.21. The second-order valence-corrected chi connectivity index (χ2v) is 4.30. The Kier molecular flexibility index (Phi) is 2.74. The number of halogens is 2. The molecule has 0 saturated carbocycles. The first-order valence-corrected chi connectivity index (χ1v) is 5.21. The molecule has 0 N–H and O–H groups in total. The number of hydrogen-bond acceptors (Lipinski definition) is 1. The summed E-state index contributed by atoms with van der Waals surface area (Å²) < 4.78 is 25.8. The van der Waals surface area contributed by atoms with E-state index in [2.05, 4.69) is 0 Å². The Bertz CT molecular complexity index is 332. The molecule has 2 rings (SSSR count). The molecule has 82 valence electrons. The zero-order valence-corrected chi connectivity index (χ0v) is 8.84. The van der Waals surface area contributed by atoms with Crippen LogP contribution in [0.1, 0.15) is 17.5 Å². The number of aryl methyl sites for hydroxylation is 1. The monoisotopic (exact) mass is 211 g/mol. The summed E-state index contributed by atoms with van der Waals surface area (Å²) in [4.78, 5) is 1.81. The molecule has 0 aliphatic carbocycles. The molecule has 1 aromatic carbocycles. The zero-order chi connectivity index (χ0) is 10.9. The van der Waals surface area contributed by atoms with Gasteiger partial charge in [-0.25, -0.2) is 8.78 Å². The average molecular weight is 211 g/mol.